The largest absolute Gasteiger partial charge is 0.371 e. The Morgan fingerprint density at radius 1 is 1.29 bits per heavy atom. The van der Waals surface area contributed by atoms with E-state index in [2.05, 4.69) is 31.1 Å². The predicted molar refractivity (Wildman–Crippen MR) is 93.6 cm³/mol. The fourth-order valence-electron chi connectivity index (χ4n) is 2.81. The summed E-state index contributed by atoms with van der Waals surface area (Å²) in [6, 6.07) is 7.18. The molecule has 24 heavy (non-hydrogen) atoms. The van der Waals surface area contributed by atoms with Crippen molar-refractivity contribution < 1.29 is 14.3 Å². The van der Waals surface area contributed by atoms with Gasteiger partial charge in [-0.1, -0.05) is 18.7 Å². The normalized spacial score (nSPS) is 19.3. The van der Waals surface area contributed by atoms with Crippen LogP contribution in [0.5, 0.6) is 0 Å². The first-order valence-electron chi connectivity index (χ1n) is 8.35. The average Bonchev–Trinajstić information content (AvgIpc) is 2.57. The van der Waals surface area contributed by atoms with E-state index in [4.69, 9.17) is 4.74 Å². The molecule has 0 bridgehead atoms. The molecule has 0 spiro atoms. The van der Waals surface area contributed by atoms with Gasteiger partial charge in [-0.15, -0.1) is 0 Å². The van der Waals surface area contributed by atoms with Gasteiger partial charge in [0.25, 0.3) is 5.91 Å². The molecule has 5 heteroatoms. The van der Waals surface area contributed by atoms with Crippen LogP contribution in [-0.4, -0.2) is 30.1 Å². The zero-order chi connectivity index (χ0) is 17.6. The second-order valence-electron chi connectivity index (χ2n) is 6.72. The number of carbonyl (C=O) groups is 2. The molecule has 0 aromatic heterocycles. The highest BCUT2D eigenvalue weighted by atomic mass is 16.5. The lowest BCUT2D eigenvalue weighted by atomic mass is 9.95. The van der Waals surface area contributed by atoms with Crippen molar-refractivity contribution in [2.45, 2.75) is 51.4 Å². The van der Waals surface area contributed by atoms with Gasteiger partial charge in [0.05, 0.1) is 11.7 Å². The maximum Gasteiger partial charge on any atom is 0.251 e. The van der Waals surface area contributed by atoms with Gasteiger partial charge in [-0.05, 0) is 56.9 Å². The third-order valence-corrected chi connectivity index (χ3v) is 4.15. The Morgan fingerprint density at radius 2 is 2.00 bits per heavy atom. The molecule has 2 N–H and O–H groups in total. The van der Waals surface area contributed by atoms with Crippen molar-refractivity contribution in [3.05, 3.63) is 48.0 Å². The van der Waals surface area contributed by atoms with Crippen molar-refractivity contribution >= 4 is 11.8 Å². The first-order valence-corrected chi connectivity index (χ1v) is 8.35. The fourth-order valence-corrected chi connectivity index (χ4v) is 2.81. The summed E-state index contributed by atoms with van der Waals surface area (Å²) >= 11 is 0. The minimum Gasteiger partial charge on any atom is -0.371 e. The van der Waals surface area contributed by atoms with Gasteiger partial charge >= 0.3 is 0 Å². The molecule has 1 atom stereocenters. The number of hydrogen-bond donors (Lipinski definition) is 2. The van der Waals surface area contributed by atoms with Gasteiger partial charge in [0.1, 0.15) is 0 Å². The Labute approximate surface area is 143 Å². The molecule has 1 fully saturated rings. The minimum absolute atomic E-state index is 0.0751. The van der Waals surface area contributed by atoms with E-state index in [1.165, 1.54) is 6.08 Å². The summed E-state index contributed by atoms with van der Waals surface area (Å²) in [5.74, 6) is -0.323. The molecule has 0 aliphatic carbocycles. The zero-order valence-electron chi connectivity index (χ0n) is 14.4. The average molecular weight is 330 g/mol. The summed E-state index contributed by atoms with van der Waals surface area (Å²) in [4.78, 5) is 23.4. The number of rotatable bonds is 6. The lowest BCUT2D eigenvalue weighted by molar-refractivity contribution is -0.116. The molecule has 0 radical (unpaired) electrons. The van der Waals surface area contributed by atoms with Crippen molar-refractivity contribution in [1.29, 1.82) is 0 Å². The van der Waals surface area contributed by atoms with E-state index in [0.717, 1.165) is 24.8 Å². The highest BCUT2D eigenvalue weighted by Gasteiger charge is 2.28. The van der Waals surface area contributed by atoms with Crippen molar-refractivity contribution in [2.24, 2.45) is 0 Å². The van der Waals surface area contributed by atoms with Crippen LogP contribution in [0.1, 0.15) is 49.0 Å². The van der Waals surface area contributed by atoms with Crippen LogP contribution in [0, 0.1) is 0 Å². The monoisotopic (exact) mass is 330 g/mol. The molecule has 1 unspecified atom stereocenters. The third kappa shape index (κ3) is 5.49. The Bertz CT molecular complexity index is 593. The summed E-state index contributed by atoms with van der Waals surface area (Å²) in [6.07, 6.45) is 4.47. The second-order valence-corrected chi connectivity index (χ2v) is 6.72. The van der Waals surface area contributed by atoms with E-state index in [1.54, 1.807) is 12.1 Å². The van der Waals surface area contributed by atoms with E-state index in [9.17, 15) is 9.59 Å². The smallest absolute Gasteiger partial charge is 0.251 e. The van der Waals surface area contributed by atoms with E-state index in [-0.39, 0.29) is 23.5 Å². The summed E-state index contributed by atoms with van der Waals surface area (Å²) in [7, 11) is 0. The minimum atomic E-state index is -0.216. The molecule has 2 amide bonds. The molecule has 1 aliphatic rings. The number of nitrogens with one attached hydrogen (secondary N) is 2. The van der Waals surface area contributed by atoms with E-state index < -0.39 is 0 Å². The van der Waals surface area contributed by atoms with E-state index in [1.807, 2.05) is 12.1 Å². The van der Waals surface area contributed by atoms with Gasteiger partial charge < -0.3 is 15.4 Å². The number of ether oxygens (including phenoxy) is 1. The van der Waals surface area contributed by atoms with Crippen LogP contribution >= 0.6 is 0 Å². The van der Waals surface area contributed by atoms with Gasteiger partial charge in [-0.3, -0.25) is 9.59 Å². The summed E-state index contributed by atoms with van der Waals surface area (Å²) < 4.78 is 5.98. The van der Waals surface area contributed by atoms with Crippen LogP contribution in [0.25, 0.3) is 0 Å². The number of hydrogen-bond acceptors (Lipinski definition) is 3. The van der Waals surface area contributed by atoms with Crippen molar-refractivity contribution in [1.82, 2.24) is 10.6 Å². The standard InChI is InChI=1S/C19H26N2O3/c1-4-17(22)20-12-14-7-9-15(10-8-14)18(23)21-13-16-6-5-11-19(2,3)24-16/h4,7-10,16H,1,5-6,11-13H2,2-3H3,(H,20,22)(H,21,23). The third-order valence-electron chi connectivity index (χ3n) is 4.15. The molecular formula is C19H26N2O3. The molecule has 2 rings (SSSR count). The van der Waals surface area contributed by atoms with Gasteiger partial charge in [0.15, 0.2) is 0 Å². The first kappa shape index (κ1) is 18.2. The van der Waals surface area contributed by atoms with Crippen LogP contribution in [-0.2, 0) is 16.1 Å². The quantitative estimate of drug-likeness (QED) is 0.788. The number of amides is 2. The molecule has 1 saturated heterocycles. The molecule has 1 heterocycles. The van der Waals surface area contributed by atoms with Crippen LogP contribution < -0.4 is 10.6 Å². The van der Waals surface area contributed by atoms with Gasteiger partial charge in [0.2, 0.25) is 5.91 Å². The van der Waals surface area contributed by atoms with Crippen LogP contribution in [0.15, 0.2) is 36.9 Å². The SMILES string of the molecule is C=CC(=O)NCc1ccc(C(=O)NCC2CCCC(C)(C)O2)cc1. The molecule has 1 aromatic rings. The molecule has 1 aromatic carbocycles. The van der Waals surface area contributed by atoms with Crippen molar-refractivity contribution in [3.8, 4) is 0 Å². The van der Waals surface area contributed by atoms with E-state index in [0.29, 0.717) is 18.7 Å². The highest BCUT2D eigenvalue weighted by molar-refractivity contribution is 5.94. The topological polar surface area (TPSA) is 67.4 Å². The van der Waals surface area contributed by atoms with Crippen molar-refractivity contribution in [3.63, 3.8) is 0 Å². The fraction of sp³-hybridized carbons (Fsp3) is 0.474. The van der Waals surface area contributed by atoms with Gasteiger partial charge in [-0.2, -0.15) is 0 Å². The summed E-state index contributed by atoms with van der Waals surface area (Å²) in [5.41, 5.74) is 1.42. The number of carbonyl (C=O) groups excluding carboxylic acids is 2. The van der Waals surface area contributed by atoms with Crippen molar-refractivity contribution in [2.75, 3.05) is 6.54 Å². The molecule has 0 saturated carbocycles. The molecular weight excluding hydrogens is 304 g/mol. The maximum absolute atomic E-state index is 12.2. The van der Waals surface area contributed by atoms with Crippen LogP contribution in [0.2, 0.25) is 0 Å². The Balaban J connectivity index is 1.82. The van der Waals surface area contributed by atoms with Crippen LogP contribution in [0.4, 0.5) is 0 Å². The predicted octanol–water partition coefficient (Wildman–Crippen LogP) is 2.57. The molecule has 130 valence electrons. The van der Waals surface area contributed by atoms with Gasteiger partial charge in [-0.25, -0.2) is 0 Å². The lowest BCUT2D eigenvalue weighted by Crippen LogP contribution is -2.42. The lowest BCUT2D eigenvalue weighted by Gasteiger charge is -2.36. The van der Waals surface area contributed by atoms with Gasteiger partial charge in [0, 0.05) is 18.7 Å². The second kappa shape index (κ2) is 8.11. The Hall–Kier alpha value is -2.14. The Morgan fingerprint density at radius 3 is 2.62 bits per heavy atom. The summed E-state index contributed by atoms with van der Waals surface area (Å²) in [5, 5.41) is 5.64. The molecule has 1 aliphatic heterocycles. The first-order chi connectivity index (χ1) is 11.4. The van der Waals surface area contributed by atoms with E-state index >= 15 is 0 Å². The zero-order valence-corrected chi connectivity index (χ0v) is 14.4. The maximum atomic E-state index is 12.2. The van der Waals surface area contributed by atoms with Crippen LogP contribution in [0.3, 0.4) is 0 Å². The highest BCUT2D eigenvalue weighted by Crippen LogP contribution is 2.27. The molecule has 5 nitrogen and oxygen atoms in total. The summed E-state index contributed by atoms with van der Waals surface area (Å²) in [6.45, 7) is 8.52. The number of benzene rings is 1. The Kier molecular flexibility index (Phi) is 6.15.